The van der Waals surface area contributed by atoms with Crippen molar-refractivity contribution in [2.75, 3.05) is 19.7 Å². The molecule has 1 fully saturated rings. The van der Waals surface area contributed by atoms with E-state index in [0.29, 0.717) is 32.5 Å². The van der Waals surface area contributed by atoms with Gasteiger partial charge in [-0.3, -0.25) is 4.79 Å². The standard InChI is InChI=1S/C12H18N2O4S2/c1-3-18-12(15)10-4-6-14(7-5-10)20(16,17)11-8-13-9(2)19-11/h8,10H,3-7H2,1-2H3. The van der Waals surface area contributed by atoms with Crippen molar-refractivity contribution in [2.45, 2.75) is 30.9 Å². The van der Waals surface area contributed by atoms with Crippen LogP contribution in [-0.4, -0.2) is 43.4 Å². The molecule has 0 aliphatic carbocycles. The number of nitrogens with zero attached hydrogens (tertiary/aromatic N) is 2. The summed E-state index contributed by atoms with van der Waals surface area (Å²) < 4.78 is 31.4. The van der Waals surface area contributed by atoms with Crippen molar-refractivity contribution in [3.05, 3.63) is 11.2 Å². The number of aryl methyl sites for hydroxylation is 1. The van der Waals surface area contributed by atoms with E-state index >= 15 is 0 Å². The Morgan fingerprint density at radius 2 is 2.15 bits per heavy atom. The Hall–Kier alpha value is -0.990. The first-order valence-corrected chi connectivity index (χ1v) is 8.80. The second-order valence-corrected chi connectivity index (χ2v) is 8.03. The summed E-state index contributed by atoms with van der Waals surface area (Å²) in [6, 6.07) is 0. The first-order chi connectivity index (χ1) is 9.45. The fourth-order valence-corrected chi connectivity index (χ4v) is 4.91. The van der Waals surface area contributed by atoms with E-state index in [-0.39, 0.29) is 16.1 Å². The summed E-state index contributed by atoms with van der Waals surface area (Å²) in [5.74, 6) is -0.414. The third-order valence-corrected chi connectivity index (χ3v) is 6.52. The van der Waals surface area contributed by atoms with Gasteiger partial charge in [0.1, 0.15) is 0 Å². The fourth-order valence-electron chi connectivity index (χ4n) is 2.18. The summed E-state index contributed by atoms with van der Waals surface area (Å²) in [6.07, 6.45) is 2.42. The third-order valence-electron chi connectivity index (χ3n) is 3.27. The summed E-state index contributed by atoms with van der Waals surface area (Å²) in [4.78, 5) is 15.6. The quantitative estimate of drug-likeness (QED) is 0.785. The predicted octanol–water partition coefficient (Wildman–Crippen LogP) is 1.42. The summed E-state index contributed by atoms with van der Waals surface area (Å²) >= 11 is 1.17. The Labute approximate surface area is 122 Å². The van der Waals surface area contributed by atoms with Crippen LogP contribution in [0.2, 0.25) is 0 Å². The number of sulfonamides is 1. The van der Waals surface area contributed by atoms with Crippen LogP contribution in [0.5, 0.6) is 0 Å². The number of rotatable bonds is 4. The van der Waals surface area contributed by atoms with Gasteiger partial charge in [-0.05, 0) is 26.7 Å². The highest BCUT2D eigenvalue weighted by atomic mass is 32.2. The molecule has 6 nitrogen and oxygen atoms in total. The van der Waals surface area contributed by atoms with Crippen LogP contribution < -0.4 is 0 Å². The Balaban J connectivity index is 2.02. The number of ether oxygens (including phenoxy) is 1. The minimum absolute atomic E-state index is 0.190. The maximum atomic E-state index is 12.4. The maximum absolute atomic E-state index is 12.4. The predicted molar refractivity (Wildman–Crippen MR) is 75.0 cm³/mol. The Morgan fingerprint density at radius 1 is 1.50 bits per heavy atom. The van der Waals surface area contributed by atoms with Gasteiger partial charge in [0, 0.05) is 13.1 Å². The van der Waals surface area contributed by atoms with Gasteiger partial charge in [0.05, 0.1) is 23.7 Å². The number of piperidine rings is 1. The number of hydrogen-bond acceptors (Lipinski definition) is 6. The number of carbonyl (C=O) groups excluding carboxylic acids is 1. The Kier molecular flexibility index (Phi) is 4.77. The normalized spacial score (nSPS) is 18.1. The highest BCUT2D eigenvalue weighted by Gasteiger charge is 2.33. The highest BCUT2D eigenvalue weighted by molar-refractivity contribution is 7.91. The molecule has 8 heteroatoms. The van der Waals surface area contributed by atoms with E-state index in [0.717, 1.165) is 5.01 Å². The summed E-state index contributed by atoms with van der Waals surface area (Å²) in [6.45, 7) is 4.60. The largest absolute Gasteiger partial charge is 0.466 e. The molecule has 2 heterocycles. The minimum Gasteiger partial charge on any atom is -0.466 e. The van der Waals surface area contributed by atoms with Crippen molar-refractivity contribution < 1.29 is 17.9 Å². The molecule has 0 spiro atoms. The van der Waals surface area contributed by atoms with Crippen LogP contribution in [0.1, 0.15) is 24.8 Å². The number of aromatic nitrogens is 1. The molecule has 0 aromatic carbocycles. The molecule has 112 valence electrons. The molecule has 1 aromatic heterocycles. The van der Waals surface area contributed by atoms with Crippen LogP contribution in [0.15, 0.2) is 10.4 Å². The van der Waals surface area contributed by atoms with E-state index in [9.17, 15) is 13.2 Å². The average Bonchev–Trinajstić information content (AvgIpc) is 2.86. The Bertz CT molecular complexity index is 574. The van der Waals surface area contributed by atoms with Gasteiger partial charge >= 0.3 is 5.97 Å². The van der Waals surface area contributed by atoms with E-state index in [2.05, 4.69) is 4.98 Å². The van der Waals surface area contributed by atoms with E-state index in [4.69, 9.17) is 4.74 Å². The average molecular weight is 318 g/mol. The molecular weight excluding hydrogens is 300 g/mol. The van der Waals surface area contributed by atoms with Crippen LogP contribution in [-0.2, 0) is 19.6 Å². The van der Waals surface area contributed by atoms with Crippen molar-refractivity contribution in [1.29, 1.82) is 0 Å². The van der Waals surface area contributed by atoms with Crippen molar-refractivity contribution in [3.63, 3.8) is 0 Å². The molecule has 0 unspecified atom stereocenters. The first kappa shape index (κ1) is 15.4. The topological polar surface area (TPSA) is 76.6 Å². The van der Waals surface area contributed by atoms with Crippen LogP contribution in [0.25, 0.3) is 0 Å². The summed E-state index contributed by atoms with van der Waals surface area (Å²) in [5, 5.41) is 0.727. The molecular formula is C12H18N2O4S2. The number of carbonyl (C=O) groups is 1. The zero-order valence-corrected chi connectivity index (χ0v) is 13.2. The van der Waals surface area contributed by atoms with Crippen LogP contribution >= 0.6 is 11.3 Å². The summed E-state index contributed by atoms with van der Waals surface area (Å²) in [7, 11) is -3.47. The molecule has 0 radical (unpaired) electrons. The van der Waals surface area contributed by atoms with Crippen molar-refractivity contribution in [1.82, 2.24) is 9.29 Å². The van der Waals surface area contributed by atoms with Gasteiger partial charge in [0.2, 0.25) is 0 Å². The molecule has 0 atom stereocenters. The molecule has 0 amide bonds. The van der Waals surface area contributed by atoms with Gasteiger partial charge in [-0.15, -0.1) is 11.3 Å². The maximum Gasteiger partial charge on any atom is 0.309 e. The zero-order valence-electron chi connectivity index (χ0n) is 11.5. The number of hydrogen-bond donors (Lipinski definition) is 0. The zero-order chi connectivity index (χ0) is 14.8. The van der Waals surface area contributed by atoms with Gasteiger partial charge in [-0.1, -0.05) is 0 Å². The van der Waals surface area contributed by atoms with E-state index in [1.165, 1.54) is 21.8 Å². The minimum atomic E-state index is -3.47. The van der Waals surface area contributed by atoms with Gasteiger partial charge in [0.25, 0.3) is 10.0 Å². The monoisotopic (exact) mass is 318 g/mol. The van der Waals surface area contributed by atoms with Crippen molar-refractivity contribution in [3.8, 4) is 0 Å². The molecule has 20 heavy (non-hydrogen) atoms. The fraction of sp³-hybridized carbons (Fsp3) is 0.667. The van der Waals surface area contributed by atoms with Gasteiger partial charge in [-0.25, -0.2) is 13.4 Å². The van der Waals surface area contributed by atoms with Gasteiger partial charge < -0.3 is 4.74 Å². The molecule has 2 rings (SSSR count). The molecule has 0 bridgehead atoms. The second kappa shape index (κ2) is 6.19. The lowest BCUT2D eigenvalue weighted by Crippen LogP contribution is -2.40. The molecule has 0 saturated carbocycles. The smallest absolute Gasteiger partial charge is 0.309 e. The van der Waals surface area contributed by atoms with Crippen LogP contribution in [0, 0.1) is 12.8 Å². The van der Waals surface area contributed by atoms with Crippen molar-refractivity contribution >= 4 is 27.3 Å². The van der Waals surface area contributed by atoms with Gasteiger partial charge in [-0.2, -0.15) is 4.31 Å². The highest BCUT2D eigenvalue weighted by Crippen LogP contribution is 2.27. The Morgan fingerprint density at radius 3 is 2.65 bits per heavy atom. The van der Waals surface area contributed by atoms with Gasteiger partial charge in [0.15, 0.2) is 4.21 Å². The van der Waals surface area contributed by atoms with E-state index < -0.39 is 10.0 Å². The molecule has 1 aliphatic rings. The molecule has 0 N–H and O–H groups in total. The SMILES string of the molecule is CCOC(=O)C1CCN(S(=O)(=O)c2cnc(C)s2)CC1. The number of esters is 1. The summed E-state index contributed by atoms with van der Waals surface area (Å²) in [5.41, 5.74) is 0. The van der Waals surface area contributed by atoms with E-state index in [1.54, 1.807) is 13.8 Å². The van der Waals surface area contributed by atoms with Crippen molar-refractivity contribution in [2.24, 2.45) is 5.92 Å². The molecule has 1 aliphatic heterocycles. The molecule has 1 aromatic rings. The lowest BCUT2D eigenvalue weighted by atomic mass is 9.98. The van der Waals surface area contributed by atoms with Crippen LogP contribution in [0.3, 0.4) is 0 Å². The van der Waals surface area contributed by atoms with E-state index in [1.807, 2.05) is 0 Å². The first-order valence-electron chi connectivity index (χ1n) is 6.54. The molecule has 1 saturated heterocycles. The lowest BCUT2D eigenvalue weighted by Gasteiger charge is -2.29. The lowest BCUT2D eigenvalue weighted by molar-refractivity contribution is -0.149. The third kappa shape index (κ3) is 3.18. The second-order valence-electron chi connectivity index (χ2n) is 4.63. The number of thiazole rings is 1. The van der Waals surface area contributed by atoms with Crippen LogP contribution in [0.4, 0.5) is 0 Å².